The Morgan fingerprint density at radius 1 is 1.64 bits per heavy atom. The van der Waals surface area contributed by atoms with Crippen molar-refractivity contribution in [2.24, 2.45) is 0 Å². The smallest absolute Gasteiger partial charge is 0.229 e. The van der Waals surface area contributed by atoms with Gasteiger partial charge in [0, 0.05) is 11.8 Å². The Balaban J connectivity index is 3.03. The zero-order valence-corrected chi connectivity index (χ0v) is 7.00. The Bertz CT molecular complexity index is 312. The van der Waals surface area contributed by atoms with Crippen molar-refractivity contribution in [2.75, 3.05) is 0 Å². The largest absolute Gasteiger partial charge is 0.281 e. The zero-order valence-electron chi connectivity index (χ0n) is 5.41. The van der Waals surface area contributed by atoms with Gasteiger partial charge in [-0.1, -0.05) is 0 Å². The van der Waals surface area contributed by atoms with Crippen LogP contribution in [0.1, 0.15) is 16.1 Å². The van der Waals surface area contributed by atoms with Crippen LogP contribution in [-0.4, -0.2) is 9.68 Å². The van der Waals surface area contributed by atoms with Crippen molar-refractivity contribution in [2.45, 2.75) is 0 Å². The molecule has 0 radical (unpaired) electrons. The Kier molecular flexibility index (Phi) is 2.34. The molecule has 0 aromatic carbocycles. The lowest BCUT2D eigenvalue weighted by Gasteiger charge is -1.90. The van der Waals surface area contributed by atoms with E-state index in [0.29, 0.717) is 11.3 Å². The van der Waals surface area contributed by atoms with Crippen LogP contribution in [0, 0.1) is 11.3 Å². The molecule has 0 bridgehead atoms. The molecular weight excluding hydrogens is 208 g/mol. The molecule has 0 atom stereocenters. The fourth-order valence-corrected chi connectivity index (χ4v) is 0.811. The first-order chi connectivity index (χ1) is 5.24. The molecule has 1 rings (SSSR count). The number of halogens is 1. The number of hydrogen-bond donors (Lipinski definition) is 0. The molecule has 0 aliphatic heterocycles. The summed E-state index contributed by atoms with van der Waals surface area (Å²) < 4.78 is -0.227. The second-order valence-corrected chi connectivity index (χ2v) is 2.54. The molecule has 0 N–H and O–H groups in total. The van der Waals surface area contributed by atoms with Crippen molar-refractivity contribution in [3.63, 3.8) is 0 Å². The van der Waals surface area contributed by atoms with Gasteiger partial charge >= 0.3 is 0 Å². The molecule has 0 unspecified atom stereocenters. The van der Waals surface area contributed by atoms with E-state index < -0.39 is 0 Å². The molecule has 0 saturated heterocycles. The van der Waals surface area contributed by atoms with E-state index in [1.54, 1.807) is 6.07 Å². The SMILES string of the molecule is N#Cc1ccc(C(=O)Br)cn1. The average molecular weight is 211 g/mol. The van der Waals surface area contributed by atoms with Gasteiger partial charge in [-0.15, -0.1) is 0 Å². The number of nitriles is 1. The third-order valence-corrected chi connectivity index (χ3v) is 1.56. The van der Waals surface area contributed by atoms with Crippen LogP contribution in [0.3, 0.4) is 0 Å². The van der Waals surface area contributed by atoms with Crippen LogP contribution < -0.4 is 0 Å². The van der Waals surface area contributed by atoms with Gasteiger partial charge < -0.3 is 0 Å². The topological polar surface area (TPSA) is 53.8 Å². The molecule has 11 heavy (non-hydrogen) atoms. The molecule has 3 nitrogen and oxygen atoms in total. The minimum absolute atomic E-state index is 0.227. The number of hydrogen-bond acceptors (Lipinski definition) is 3. The first-order valence-corrected chi connectivity index (χ1v) is 3.59. The first kappa shape index (κ1) is 7.89. The van der Waals surface area contributed by atoms with Crippen molar-refractivity contribution in [1.82, 2.24) is 4.98 Å². The number of pyridine rings is 1. The standard InChI is InChI=1S/C7H3BrN2O/c8-7(11)5-1-2-6(3-9)10-4-5/h1-2,4H. The molecule has 1 aromatic rings. The van der Waals surface area contributed by atoms with Gasteiger partial charge in [-0.05, 0) is 28.1 Å². The van der Waals surface area contributed by atoms with Crippen molar-refractivity contribution >= 4 is 20.6 Å². The van der Waals surface area contributed by atoms with Crippen molar-refractivity contribution in [3.8, 4) is 6.07 Å². The van der Waals surface area contributed by atoms with Crippen LogP contribution in [0.5, 0.6) is 0 Å². The van der Waals surface area contributed by atoms with Gasteiger partial charge in [0.25, 0.3) is 0 Å². The highest BCUT2D eigenvalue weighted by Gasteiger charge is 1.99. The van der Waals surface area contributed by atoms with Gasteiger partial charge in [-0.2, -0.15) is 5.26 Å². The number of carbonyl (C=O) groups is 1. The molecule has 4 heteroatoms. The van der Waals surface area contributed by atoms with Crippen LogP contribution in [0.4, 0.5) is 0 Å². The number of nitrogens with zero attached hydrogens (tertiary/aromatic N) is 2. The Morgan fingerprint density at radius 2 is 2.36 bits per heavy atom. The second kappa shape index (κ2) is 3.26. The minimum Gasteiger partial charge on any atom is -0.281 e. The normalized spacial score (nSPS) is 8.73. The number of carbonyl (C=O) groups excluding carboxylic acids is 1. The molecule has 0 saturated carbocycles. The van der Waals surface area contributed by atoms with Gasteiger partial charge in [0.15, 0.2) is 0 Å². The number of aromatic nitrogens is 1. The second-order valence-electron chi connectivity index (χ2n) is 1.82. The summed E-state index contributed by atoms with van der Waals surface area (Å²) >= 11 is 2.77. The van der Waals surface area contributed by atoms with E-state index >= 15 is 0 Å². The number of rotatable bonds is 1. The highest BCUT2D eigenvalue weighted by Crippen LogP contribution is 2.03. The van der Waals surface area contributed by atoms with Gasteiger partial charge in [0.2, 0.25) is 4.69 Å². The highest BCUT2D eigenvalue weighted by molar-refractivity contribution is 9.18. The van der Waals surface area contributed by atoms with Crippen LogP contribution in [0.2, 0.25) is 0 Å². The summed E-state index contributed by atoms with van der Waals surface area (Å²) in [6.07, 6.45) is 1.36. The predicted octanol–water partition coefficient (Wildman–Crippen LogP) is 1.49. The summed E-state index contributed by atoms with van der Waals surface area (Å²) in [5, 5.41) is 8.36. The third kappa shape index (κ3) is 1.85. The lowest BCUT2D eigenvalue weighted by molar-refractivity contribution is 0.109. The van der Waals surface area contributed by atoms with Crippen LogP contribution in [0.25, 0.3) is 0 Å². The van der Waals surface area contributed by atoms with E-state index in [1.165, 1.54) is 12.3 Å². The van der Waals surface area contributed by atoms with E-state index in [-0.39, 0.29) is 4.69 Å². The van der Waals surface area contributed by atoms with Crippen LogP contribution in [-0.2, 0) is 0 Å². The Hall–Kier alpha value is -1.21. The molecular formula is C7H3BrN2O. The first-order valence-electron chi connectivity index (χ1n) is 2.80. The van der Waals surface area contributed by atoms with E-state index in [4.69, 9.17) is 5.26 Å². The summed E-state index contributed by atoms with van der Waals surface area (Å²) in [6.45, 7) is 0. The molecule has 0 aliphatic rings. The fourth-order valence-electron chi connectivity index (χ4n) is 0.576. The summed E-state index contributed by atoms with van der Waals surface area (Å²) in [6, 6.07) is 4.89. The van der Waals surface area contributed by atoms with Gasteiger partial charge in [-0.3, -0.25) is 4.79 Å². The van der Waals surface area contributed by atoms with Crippen molar-refractivity contribution in [1.29, 1.82) is 5.26 Å². The monoisotopic (exact) mass is 210 g/mol. The molecule has 1 aromatic heterocycles. The lowest BCUT2D eigenvalue weighted by atomic mass is 10.3. The quantitative estimate of drug-likeness (QED) is 0.661. The van der Waals surface area contributed by atoms with Gasteiger partial charge in [0.05, 0.1) is 0 Å². The molecule has 54 valence electrons. The average Bonchev–Trinajstić information content (AvgIpc) is 2.05. The highest BCUT2D eigenvalue weighted by atomic mass is 79.9. The van der Waals surface area contributed by atoms with Gasteiger partial charge in [-0.25, -0.2) is 4.98 Å². The molecule has 0 aliphatic carbocycles. The van der Waals surface area contributed by atoms with Crippen LogP contribution >= 0.6 is 15.9 Å². The maximum absolute atomic E-state index is 10.6. The summed E-state index contributed by atoms with van der Waals surface area (Å²) in [5.74, 6) is 0. The molecule has 0 spiro atoms. The fraction of sp³-hybridized carbons (Fsp3) is 0. The maximum Gasteiger partial charge on any atom is 0.229 e. The predicted molar refractivity (Wildman–Crippen MR) is 42.2 cm³/mol. The van der Waals surface area contributed by atoms with E-state index in [2.05, 4.69) is 20.9 Å². The van der Waals surface area contributed by atoms with Crippen LogP contribution in [0.15, 0.2) is 18.3 Å². The van der Waals surface area contributed by atoms with E-state index in [1.807, 2.05) is 6.07 Å². The molecule has 1 heterocycles. The van der Waals surface area contributed by atoms with E-state index in [0.717, 1.165) is 0 Å². The van der Waals surface area contributed by atoms with Crippen molar-refractivity contribution < 1.29 is 4.79 Å². The Labute approximate surface area is 71.8 Å². The van der Waals surface area contributed by atoms with E-state index in [9.17, 15) is 4.79 Å². The van der Waals surface area contributed by atoms with Gasteiger partial charge in [0.1, 0.15) is 11.8 Å². The Morgan fingerprint density at radius 3 is 2.73 bits per heavy atom. The van der Waals surface area contributed by atoms with Crippen molar-refractivity contribution in [3.05, 3.63) is 29.6 Å². The summed E-state index contributed by atoms with van der Waals surface area (Å²) in [7, 11) is 0. The third-order valence-electron chi connectivity index (χ3n) is 1.10. The summed E-state index contributed by atoms with van der Waals surface area (Å²) in [4.78, 5) is 14.3. The molecule has 0 amide bonds. The maximum atomic E-state index is 10.6. The molecule has 0 fully saturated rings. The summed E-state index contributed by atoms with van der Waals surface area (Å²) in [5.41, 5.74) is 0.756. The zero-order chi connectivity index (χ0) is 8.27. The lowest BCUT2D eigenvalue weighted by Crippen LogP contribution is -1.90. The minimum atomic E-state index is -0.227.